The van der Waals surface area contributed by atoms with Crippen LogP contribution in [0.15, 0.2) is 41.1 Å². The Labute approximate surface area is 158 Å². The summed E-state index contributed by atoms with van der Waals surface area (Å²) in [5, 5.41) is 12.7. The minimum atomic E-state index is 0.129. The lowest BCUT2D eigenvalue weighted by Gasteiger charge is -2.32. The largest absolute Gasteiger partial charge is 0.384 e. The number of piperidine rings is 1. The number of hydrogen-bond donors (Lipinski definition) is 0. The number of likely N-dealkylation sites (tertiary alicyclic amines) is 1. The molecule has 0 spiro atoms. The normalized spacial score (nSPS) is 18.0. The molecule has 0 aliphatic carbocycles. The highest BCUT2D eigenvalue weighted by atomic mass is 16.5. The van der Waals surface area contributed by atoms with Crippen LogP contribution in [0.3, 0.4) is 0 Å². The van der Waals surface area contributed by atoms with E-state index in [4.69, 9.17) is 9.26 Å². The quantitative estimate of drug-likeness (QED) is 0.634. The van der Waals surface area contributed by atoms with Crippen LogP contribution in [0.4, 0.5) is 0 Å². The highest BCUT2D eigenvalue weighted by Gasteiger charge is 2.29. The predicted octanol–water partition coefficient (Wildman–Crippen LogP) is 2.57. The zero-order chi connectivity index (χ0) is 18.5. The smallest absolute Gasteiger partial charge is 0.244 e. The van der Waals surface area contributed by atoms with Crippen molar-refractivity contribution in [1.29, 1.82) is 0 Å². The van der Waals surface area contributed by atoms with Gasteiger partial charge in [0, 0.05) is 20.1 Å². The average Bonchev–Trinajstić information content (AvgIpc) is 3.37. The zero-order valence-corrected chi connectivity index (χ0v) is 15.5. The molecule has 1 fully saturated rings. The molecule has 0 amide bonds. The topological polar surface area (TPSA) is 82.1 Å². The third-order valence-electron chi connectivity index (χ3n) is 4.84. The summed E-state index contributed by atoms with van der Waals surface area (Å²) in [5.41, 5.74) is 1.94. The van der Waals surface area contributed by atoms with Gasteiger partial charge in [0.15, 0.2) is 5.82 Å². The third kappa shape index (κ3) is 4.23. The maximum atomic E-state index is 5.54. The maximum absolute atomic E-state index is 5.54. The molecule has 8 nitrogen and oxygen atoms in total. The Kier molecular flexibility index (Phi) is 5.55. The van der Waals surface area contributed by atoms with Crippen molar-refractivity contribution in [3.8, 4) is 5.69 Å². The van der Waals surface area contributed by atoms with E-state index >= 15 is 0 Å². The second kappa shape index (κ2) is 8.41. The third-order valence-corrected chi connectivity index (χ3v) is 4.84. The summed E-state index contributed by atoms with van der Waals surface area (Å²) >= 11 is 0. The van der Waals surface area contributed by atoms with E-state index in [0.717, 1.165) is 37.2 Å². The van der Waals surface area contributed by atoms with Gasteiger partial charge in [-0.25, -0.2) is 4.68 Å². The molecule has 0 bridgehead atoms. The summed E-state index contributed by atoms with van der Waals surface area (Å²) in [7, 11) is 1.67. The number of methoxy groups -OCH3 is 1. The van der Waals surface area contributed by atoms with E-state index in [0.29, 0.717) is 31.3 Å². The highest BCUT2D eigenvalue weighted by molar-refractivity contribution is 5.29. The monoisotopic (exact) mass is 368 g/mol. The summed E-state index contributed by atoms with van der Waals surface area (Å²) in [4.78, 5) is 6.93. The molecular formula is C19H24N6O2. The van der Waals surface area contributed by atoms with Gasteiger partial charge in [-0.2, -0.15) is 4.98 Å². The first-order valence-corrected chi connectivity index (χ1v) is 9.35. The van der Waals surface area contributed by atoms with Gasteiger partial charge in [-0.3, -0.25) is 4.90 Å². The first-order valence-electron chi connectivity index (χ1n) is 9.35. The lowest BCUT2D eigenvalue weighted by molar-refractivity contribution is 0.110. The molecule has 4 rings (SSSR count). The van der Waals surface area contributed by atoms with Crippen molar-refractivity contribution >= 4 is 0 Å². The van der Waals surface area contributed by atoms with Crippen molar-refractivity contribution in [2.75, 3.05) is 20.3 Å². The molecule has 0 saturated carbocycles. The van der Waals surface area contributed by atoms with Crippen LogP contribution in [0.5, 0.6) is 0 Å². The van der Waals surface area contributed by atoms with Crippen molar-refractivity contribution in [2.24, 2.45) is 0 Å². The van der Waals surface area contributed by atoms with Gasteiger partial charge >= 0.3 is 0 Å². The fraction of sp³-hybridized carbons (Fsp3) is 0.474. The molecule has 27 heavy (non-hydrogen) atoms. The number of hydrogen-bond acceptors (Lipinski definition) is 7. The molecular weight excluding hydrogens is 344 g/mol. The van der Waals surface area contributed by atoms with Crippen LogP contribution in [0, 0.1) is 0 Å². The van der Waals surface area contributed by atoms with Gasteiger partial charge in [-0.1, -0.05) is 35.0 Å². The summed E-state index contributed by atoms with van der Waals surface area (Å²) in [6.45, 7) is 2.29. The van der Waals surface area contributed by atoms with E-state index < -0.39 is 0 Å². The molecule has 3 aromatic rings. The van der Waals surface area contributed by atoms with Crippen LogP contribution >= 0.6 is 0 Å². The Hall–Kier alpha value is -2.58. The van der Waals surface area contributed by atoms with Crippen LogP contribution in [0.2, 0.25) is 0 Å². The summed E-state index contributed by atoms with van der Waals surface area (Å²) in [6.07, 6.45) is 5.98. The molecule has 8 heteroatoms. The fourth-order valence-electron chi connectivity index (χ4n) is 3.44. The molecule has 1 aliphatic heterocycles. The van der Waals surface area contributed by atoms with E-state index in [1.165, 1.54) is 0 Å². The summed E-state index contributed by atoms with van der Waals surface area (Å²) < 4.78 is 12.4. The van der Waals surface area contributed by atoms with E-state index in [2.05, 4.69) is 25.4 Å². The van der Waals surface area contributed by atoms with Crippen molar-refractivity contribution in [1.82, 2.24) is 30.0 Å². The van der Waals surface area contributed by atoms with Crippen molar-refractivity contribution in [2.45, 2.75) is 38.3 Å². The summed E-state index contributed by atoms with van der Waals surface area (Å²) in [6, 6.07) is 10.1. The molecule has 2 aromatic heterocycles. The SMILES string of the molecule is COCCc1noc([C@@H]2CCCCN2Cc2cn(-c3ccccc3)nn2)n1. The zero-order valence-electron chi connectivity index (χ0n) is 15.5. The molecule has 0 radical (unpaired) electrons. The Morgan fingerprint density at radius 2 is 2.11 bits per heavy atom. The minimum absolute atomic E-state index is 0.129. The lowest BCUT2D eigenvalue weighted by atomic mass is 10.0. The molecule has 1 aromatic carbocycles. The van der Waals surface area contributed by atoms with E-state index in [1.54, 1.807) is 7.11 Å². The standard InChI is InChI=1S/C19H24N6O2/c1-26-12-10-18-20-19(27-22-18)17-9-5-6-11-24(17)13-15-14-25(23-21-15)16-7-3-2-4-8-16/h2-4,7-8,14,17H,5-6,9-13H2,1H3/t17-/m0/s1. The van der Waals surface area contributed by atoms with Gasteiger partial charge < -0.3 is 9.26 Å². The second-order valence-electron chi connectivity index (χ2n) is 6.76. The highest BCUT2D eigenvalue weighted by Crippen LogP contribution is 2.31. The second-order valence-corrected chi connectivity index (χ2v) is 6.76. The Morgan fingerprint density at radius 1 is 1.22 bits per heavy atom. The lowest BCUT2D eigenvalue weighted by Crippen LogP contribution is -2.33. The first-order chi connectivity index (χ1) is 13.3. The van der Waals surface area contributed by atoms with Crippen molar-refractivity contribution in [3.05, 3.63) is 53.9 Å². The number of para-hydroxylation sites is 1. The van der Waals surface area contributed by atoms with E-state index in [1.807, 2.05) is 41.2 Å². The van der Waals surface area contributed by atoms with Crippen molar-refractivity contribution in [3.63, 3.8) is 0 Å². The summed E-state index contributed by atoms with van der Waals surface area (Å²) in [5.74, 6) is 1.39. The van der Waals surface area contributed by atoms with Gasteiger partial charge in [-0.15, -0.1) is 5.10 Å². The van der Waals surface area contributed by atoms with Crippen LogP contribution in [-0.2, 0) is 17.7 Å². The molecule has 3 heterocycles. The van der Waals surface area contributed by atoms with Gasteiger partial charge in [0.1, 0.15) is 0 Å². The molecule has 142 valence electrons. The Balaban J connectivity index is 1.47. The van der Waals surface area contributed by atoms with Gasteiger partial charge in [0.2, 0.25) is 5.89 Å². The molecule has 1 aliphatic rings. The van der Waals surface area contributed by atoms with E-state index in [9.17, 15) is 0 Å². The Bertz CT molecular complexity index is 847. The maximum Gasteiger partial charge on any atom is 0.244 e. The first kappa shape index (κ1) is 17.8. The number of rotatable bonds is 7. The number of nitrogens with zero attached hydrogens (tertiary/aromatic N) is 6. The number of aromatic nitrogens is 5. The van der Waals surface area contributed by atoms with E-state index in [-0.39, 0.29) is 6.04 Å². The molecule has 0 N–H and O–H groups in total. The van der Waals surface area contributed by atoms with Gasteiger partial charge in [0.05, 0.1) is 30.2 Å². The van der Waals surface area contributed by atoms with Crippen LogP contribution in [-0.4, -0.2) is 50.3 Å². The number of ether oxygens (including phenoxy) is 1. The van der Waals surface area contributed by atoms with Crippen LogP contribution in [0.1, 0.15) is 42.7 Å². The van der Waals surface area contributed by atoms with Crippen molar-refractivity contribution < 1.29 is 9.26 Å². The molecule has 1 atom stereocenters. The molecule has 1 saturated heterocycles. The van der Waals surface area contributed by atoms with Gasteiger partial charge in [-0.05, 0) is 31.5 Å². The van der Waals surface area contributed by atoms with Gasteiger partial charge in [0.25, 0.3) is 0 Å². The average molecular weight is 368 g/mol. The number of benzene rings is 1. The Morgan fingerprint density at radius 3 is 2.96 bits per heavy atom. The molecule has 0 unspecified atom stereocenters. The fourth-order valence-corrected chi connectivity index (χ4v) is 3.44. The van der Waals surface area contributed by atoms with Crippen LogP contribution < -0.4 is 0 Å². The van der Waals surface area contributed by atoms with Crippen LogP contribution in [0.25, 0.3) is 5.69 Å². The predicted molar refractivity (Wildman–Crippen MR) is 98.2 cm³/mol. The minimum Gasteiger partial charge on any atom is -0.384 e.